The van der Waals surface area contributed by atoms with Gasteiger partial charge in [-0.25, -0.2) is 4.98 Å². The zero-order valence-corrected chi connectivity index (χ0v) is 13.8. The third-order valence-corrected chi connectivity index (χ3v) is 3.44. The van der Waals surface area contributed by atoms with E-state index >= 15 is 0 Å². The molecule has 5 heteroatoms. The third kappa shape index (κ3) is 5.62. The van der Waals surface area contributed by atoms with Crippen molar-refractivity contribution in [3.63, 3.8) is 0 Å². The molecule has 0 radical (unpaired) electrons. The molecule has 5 nitrogen and oxygen atoms in total. The van der Waals surface area contributed by atoms with E-state index in [1.165, 1.54) is 0 Å². The Kier molecular flexibility index (Phi) is 5.97. The fourth-order valence-corrected chi connectivity index (χ4v) is 1.89. The second kappa shape index (κ2) is 8.17. The predicted octanol–water partition coefficient (Wildman–Crippen LogP) is 3.62. The number of ether oxygens (including phenoxy) is 1. The van der Waals surface area contributed by atoms with Crippen LogP contribution in [0, 0.1) is 6.92 Å². The molecular weight excluding hydrogens is 290 g/mol. The van der Waals surface area contributed by atoms with Crippen LogP contribution in [-0.4, -0.2) is 23.5 Å². The molecule has 1 amide bonds. The maximum Gasteiger partial charge on any atom is 0.262 e. The van der Waals surface area contributed by atoms with Crippen molar-refractivity contribution in [1.82, 2.24) is 4.98 Å². The molecule has 0 aliphatic heterocycles. The predicted molar refractivity (Wildman–Crippen MR) is 92.9 cm³/mol. The van der Waals surface area contributed by atoms with E-state index in [2.05, 4.69) is 29.5 Å². The summed E-state index contributed by atoms with van der Waals surface area (Å²) in [6.45, 7) is 6.18. The Labute approximate surface area is 137 Å². The summed E-state index contributed by atoms with van der Waals surface area (Å²) < 4.78 is 5.44. The van der Waals surface area contributed by atoms with Crippen LogP contribution in [0.3, 0.4) is 0 Å². The van der Waals surface area contributed by atoms with E-state index < -0.39 is 0 Å². The standard InChI is InChI=1S/C18H23N3O2/c1-4-14(3)20-17-10-7-15(11-19-17)21-18(22)12-23-16-8-5-13(2)6-9-16/h5-11,14H,4,12H2,1-3H3,(H,19,20)(H,21,22). The second-order valence-corrected chi connectivity index (χ2v) is 5.54. The number of nitrogens with one attached hydrogen (secondary N) is 2. The van der Waals surface area contributed by atoms with Gasteiger partial charge in [0, 0.05) is 6.04 Å². The van der Waals surface area contributed by atoms with Gasteiger partial charge < -0.3 is 15.4 Å². The fraction of sp³-hybridized carbons (Fsp3) is 0.333. The highest BCUT2D eigenvalue weighted by Crippen LogP contribution is 2.13. The molecule has 1 unspecified atom stereocenters. The number of hydrogen-bond acceptors (Lipinski definition) is 4. The molecule has 0 aliphatic carbocycles. The van der Waals surface area contributed by atoms with E-state index in [-0.39, 0.29) is 12.5 Å². The average molecular weight is 313 g/mol. The first-order valence-electron chi connectivity index (χ1n) is 7.78. The Morgan fingerprint density at radius 3 is 2.57 bits per heavy atom. The third-order valence-electron chi connectivity index (χ3n) is 3.44. The highest BCUT2D eigenvalue weighted by atomic mass is 16.5. The van der Waals surface area contributed by atoms with E-state index in [1.807, 2.05) is 43.3 Å². The van der Waals surface area contributed by atoms with E-state index in [0.29, 0.717) is 17.5 Å². The van der Waals surface area contributed by atoms with Crippen molar-refractivity contribution >= 4 is 17.4 Å². The van der Waals surface area contributed by atoms with Crippen molar-refractivity contribution in [3.05, 3.63) is 48.2 Å². The lowest BCUT2D eigenvalue weighted by atomic mass is 10.2. The Morgan fingerprint density at radius 1 is 1.22 bits per heavy atom. The Balaban J connectivity index is 1.81. The highest BCUT2D eigenvalue weighted by Gasteiger charge is 2.05. The number of nitrogens with zero attached hydrogens (tertiary/aromatic N) is 1. The minimum absolute atomic E-state index is 0.0318. The maximum atomic E-state index is 11.9. The SMILES string of the molecule is CCC(C)Nc1ccc(NC(=O)COc2ccc(C)cc2)cn1. The molecule has 0 spiro atoms. The number of benzene rings is 1. The normalized spacial score (nSPS) is 11.6. The van der Waals surface area contributed by atoms with Crippen LogP contribution in [0.4, 0.5) is 11.5 Å². The number of aryl methyl sites for hydroxylation is 1. The van der Waals surface area contributed by atoms with Gasteiger partial charge in [-0.3, -0.25) is 4.79 Å². The molecular formula is C18H23N3O2. The molecule has 0 saturated heterocycles. The van der Waals surface area contributed by atoms with Crippen LogP contribution < -0.4 is 15.4 Å². The van der Waals surface area contributed by atoms with Gasteiger partial charge >= 0.3 is 0 Å². The molecule has 0 saturated carbocycles. The average Bonchev–Trinajstić information content (AvgIpc) is 2.56. The maximum absolute atomic E-state index is 11.9. The topological polar surface area (TPSA) is 63.2 Å². The van der Waals surface area contributed by atoms with Gasteiger partial charge in [0.2, 0.25) is 0 Å². The molecule has 2 N–H and O–H groups in total. The number of carbonyl (C=O) groups excluding carboxylic acids is 1. The smallest absolute Gasteiger partial charge is 0.262 e. The number of anilines is 2. The van der Waals surface area contributed by atoms with Crippen molar-refractivity contribution in [2.75, 3.05) is 17.2 Å². The largest absolute Gasteiger partial charge is 0.484 e. The molecule has 23 heavy (non-hydrogen) atoms. The summed E-state index contributed by atoms with van der Waals surface area (Å²) in [7, 11) is 0. The number of pyridine rings is 1. The molecule has 1 atom stereocenters. The van der Waals surface area contributed by atoms with Crippen molar-refractivity contribution in [3.8, 4) is 5.75 Å². The number of hydrogen-bond donors (Lipinski definition) is 2. The molecule has 0 bridgehead atoms. The molecule has 0 aliphatic rings. The van der Waals surface area contributed by atoms with E-state index in [4.69, 9.17) is 4.74 Å². The Bertz CT molecular complexity index is 624. The lowest BCUT2D eigenvalue weighted by molar-refractivity contribution is -0.118. The van der Waals surface area contributed by atoms with E-state index in [1.54, 1.807) is 6.20 Å². The summed E-state index contributed by atoms with van der Waals surface area (Å²) in [6.07, 6.45) is 2.66. The molecule has 0 fully saturated rings. The van der Waals surface area contributed by atoms with Gasteiger partial charge in [-0.05, 0) is 44.5 Å². The lowest BCUT2D eigenvalue weighted by Crippen LogP contribution is -2.20. The summed E-state index contributed by atoms with van der Waals surface area (Å²) >= 11 is 0. The van der Waals surface area contributed by atoms with Crippen molar-refractivity contribution in [2.45, 2.75) is 33.2 Å². The zero-order chi connectivity index (χ0) is 16.7. The molecule has 2 aromatic rings. The van der Waals surface area contributed by atoms with E-state index in [0.717, 1.165) is 17.8 Å². The molecule has 1 aromatic carbocycles. The molecule has 1 heterocycles. The van der Waals surface area contributed by atoms with Crippen molar-refractivity contribution in [1.29, 1.82) is 0 Å². The van der Waals surface area contributed by atoms with Gasteiger partial charge in [0.25, 0.3) is 5.91 Å². The van der Waals surface area contributed by atoms with Gasteiger partial charge in [-0.1, -0.05) is 24.6 Å². The zero-order valence-electron chi connectivity index (χ0n) is 13.8. The number of amides is 1. The van der Waals surface area contributed by atoms with Crippen molar-refractivity contribution < 1.29 is 9.53 Å². The van der Waals surface area contributed by atoms with Crippen LogP contribution in [0.1, 0.15) is 25.8 Å². The Hall–Kier alpha value is -2.56. The second-order valence-electron chi connectivity index (χ2n) is 5.54. The Morgan fingerprint density at radius 2 is 1.96 bits per heavy atom. The first kappa shape index (κ1) is 16.8. The van der Waals surface area contributed by atoms with E-state index in [9.17, 15) is 4.79 Å². The summed E-state index contributed by atoms with van der Waals surface area (Å²) in [5.41, 5.74) is 1.80. The number of aromatic nitrogens is 1. The van der Waals surface area contributed by atoms with Gasteiger partial charge in [0.15, 0.2) is 6.61 Å². The monoisotopic (exact) mass is 313 g/mol. The van der Waals surface area contributed by atoms with Gasteiger partial charge in [0.05, 0.1) is 11.9 Å². The molecule has 1 aromatic heterocycles. The van der Waals surface area contributed by atoms with Crippen LogP contribution in [0.2, 0.25) is 0 Å². The number of carbonyl (C=O) groups is 1. The number of rotatable bonds is 7. The van der Waals surface area contributed by atoms with Crippen LogP contribution in [-0.2, 0) is 4.79 Å². The van der Waals surface area contributed by atoms with Crippen LogP contribution in [0.5, 0.6) is 5.75 Å². The summed E-state index contributed by atoms with van der Waals surface area (Å²) in [6, 6.07) is 11.6. The van der Waals surface area contributed by atoms with Gasteiger partial charge in [-0.15, -0.1) is 0 Å². The van der Waals surface area contributed by atoms with Crippen LogP contribution >= 0.6 is 0 Å². The fourth-order valence-electron chi connectivity index (χ4n) is 1.89. The minimum atomic E-state index is -0.213. The minimum Gasteiger partial charge on any atom is -0.484 e. The summed E-state index contributed by atoms with van der Waals surface area (Å²) in [5.74, 6) is 1.26. The highest BCUT2D eigenvalue weighted by molar-refractivity contribution is 5.91. The van der Waals surface area contributed by atoms with Crippen LogP contribution in [0.15, 0.2) is 42.6 Å². The lowest BCUT2D eigenvalue weighted by Gasteiger charge is -2.12. The summed E-state index contributed by atoms with van der Waals surface area (Å²) in [4.78, 5) is 16.2. The first-order valence-corrected chi connectivity index (χ1v) is 7.78. The molecule has 122 valence electrons. The van der Waals surface area contributed by atoms with Crippen LogP contribution in [0.25, 0.3) is 0 Å². The first-order chi connectivity index (χ1) is 11.1. The quantitative estimate of drug-likeness (QED) is 0.819. The van der Waals surface area contributed by atoms with Gasteiger partial charge in [0.1, 0.15) is 11.6 Å². The molecule has 2 rings (SSSR count). The van der Waals surface area contributed by atoms with Gasteiger partial charge in [-0.2, -0.15) is 0 Å². The van der Waals surface area contributed by atoms with Crippen molar-refractivity contribution in [2.24, 2.45) is 0 Å². The summed E-state index contributed by atoms with van der Waals surface area (Å²) in [5, 5.41) is 6.04.